The van der Waals surface area contributed by atoms with Gasteiger partial charge in [0.1, 0.15) is 0 Å². The Labute approximate surface area is 348 Å². The molecule has 0 aliphatic carbocycles. The van der Waals surface area contributed by atoms with Crippen LogP contribution in [0, 0.1) is 0 Å². The fourth-order valence-corrected chi connectivity index (χ4v) is 6.85. The van der Waals surface area contributed by atoms with Crippen molar-refractivity contribution in [3.05, 3.63) is 71.3 Å². The number of aromatic carboxylic acids is 1. The van der Waals surface area contributed by atoms with Crippen molar-refractivity contribution in [2.75, 3.05) is 129 Å². The first-order valence-corrected chi connectivity index (χ1v) is 20.8. The molecule has 0 aromatic heterocycles. The molecule has 3 aliphatic rings. The summed E-state index contributed by atoms with van der Waals surface area (Å²) in [5.74, 6) is -2.63. The van der Waals surface area contributed by atoms with E-state index in [0.29, 0.717) is 56.6 Å². The van der Waals surface area contributed by atoms with Gasteiger partial charge >= 0.3 is 17.9 Å². The zero-order valence-electron chi connectivity index (χ0n) is 34.3. The highest BCUT2D eigenvalue weighted by Crippen LogP contribution is 2.28. The normalized spacial score (nSPS) is 15.2. The first-order valence-electron chi connectivity index (χ1n) is 18.9. The summed E-state index contributed by atoms with van der Waals surface area (Å²) >= 11 is 0. The SMILES string of the molecule is CC(=O)Nc1cc(N2CCOCC2)ccc1C(=O)O.COC(=O)c1ccc(N2CCOCC2)cc1NC(C)=O.COC(=O)c1ccc(N2CCOCC2)cc1NS(C)(=O)=O. The standard InChI is InChI=1S/C14H18N2O4.C13H18N2O5S.C13H16N2O4/c1-10(17)15-13-9-11(16-5-7-20-8-6-16)3-4-12(13)14(18)19-2;1-19-13(16)11-4-3-10(15-5-7-20-8-6-15)9-12(11)14-21(2,17)18;1-9(16)14-12-8-10(2-3-11(12)13(17)18)15-4-6-19-7-5-15/h3-4,9H,5-8H2,1-2H3,(H,15,17);3-4,9,14H,5-8H2,1-2H3;2-3,8H,4-7H2,1H3,(H,14,16)(H,17,18). The van der Waals surface area contributed by atoms with Gasteiger partial charge in [0.15, 0.2) is 0 Å². The van der Waals surface area contributed by atoms with Gasteiger partial charge in [-0.2, -0.15) is 0 Å². The van der Waals surface area contributed by atoms with Gasteiger partial charge < -0.3 is 54.1 Å². The lowest BCUT2D eigenvalue weighted by Crippen LogP contribution is -2.36. The number of carboxylic acid groups (broad SMARTS) is 1. The number of nitrogens with zero attached hydrogens (tertiary/aromatic N) is 3. The van der Waals surface area contributed by atoms with Crippen molar-refractivity contribution >= 4 is 73.9 Å². The topological polar surface area (TPSA) is 232 Å². The molecule has 326 valence electrons. The molecule has 0 bridgehead atoms. The Hall–Kier alpha value is -5.96. The van der Waals surface area contributed by atoms with E-state index in [9.17, 15) is 32.4 Å². The maximum absolute atomic E-state index is 11.7. The maximum atomic E-state index is 11.7. The average molecular weight is 857 g/mol. The minimum Gasteiger partial charge on any atom is -0.478 e. The van der Waals surface area contributed by atoms with E-state index >= 15 is 0 Å². The Bertz CT molecular complexity index is 2100. The zero-order valence-corrected chi connectivity index (χ0v) is 35.1. The molecule has 2 amide bonds. The van der Waals surface area contributed by atoms with Gasteiger partial charge in [-0.1, -0.05) is 0 Å². The summed E-state index contributed by atoms with van der Waals surface area (Å²) in [6, 6.07) is 15.2. The van der Waals surface area contributed by atoms with Crippen LogP contribution in [0.15, 0.2) is 54.6 Å². The Morgan fingerprint density at radius 1 is 0.567 bits per heavy atom. The number of rotatable bonds is 10. The summed E-state index contributed by atoms with van der Waals surface area (Å²) in [6.07, 6.45) is 1.04. The summed E-state index contributed by atoms with van der Waals surface area (Å²) in [4.78, 5) is 63.2. The lowest BCUT2D eigenvalue weighted by Gasteiger charge is -2.29. The molecule has 0 unspecified atom stereocenters. The summed E-state index contributed by atoms with van der Waals surface area (Å²) < 4.78 is 50.5. The third-order valence-electron chi connectivity index (χ3n) is 9.10. The number of benzene rings is 3. The molecule has 3 fully saturated rings. The molecule has 0 spiro atoms. The number of nitrogens with one attached hydrogen (secondary N) is 3. The first kappa shape index (κ1) is 46.7. The number of ether oxygens (including phenoxy) is 5. The van der Waals surface area contributed by atoms with E-state index in [1.165, 1.54) is 34.1 Å². The van der Waals surface area contributed by atoms with Crippen LogP contribution in [0.1, 0.15) is 44.9 Å². The minimum atomic E-state index is -3.49. The lowest BCUT2D eigenvalue weighted by atomic mass is 10.1. The second-order valence-corrected chi connectivity index (χ2v) is 15.3. The predicted molar refractivity (Wildman–Crippen MR) is 225 cm³/mol. The van der Waals surface area contributed by atoms with Gasteiger partial charge in [0, 0.05) is 70.2 Å². The van der Waals surface area contributed by atoms with Crippen molar-refractivity contribution in [1.29, 1.82) is 0 Å². The molecule has 3 aliphatic heterocycles. The Balaban J connectivity index is 0.000000199. The number of morpholine rings is 3. The predicted octanol–water partition coefficient (Wildman–Crippen LogP) is 3.13. The Morgan fingerprint density at radius 3 is 1.20 bits per heavy atom. The van der Waals surface area contributed by atoms with E-state index < -0.39 is 27.9 Å². The van der Waals surface area contributed by atoms with Crippen LogP contribution in [-0.2, 0) is 43.3 Å². The van der Waals surface area contributed by atoms with E-state index in [2.05, 4.69) is 34.8 Å². The van der Waals surface area contributed by atoms with Crippen molar-refractivity contribution in [2.45, 2.75) is 13.8 Å². The van der Waals surface area contributed by atoms with Gasteiger partial charge in [0.25, 0.3) is 0 Å². The van der Waals surface area contributed by atoms with Gasteiger partial charge in [0.05, 0.1) is 93.9 Å². The molecule has 3 heterocycles. The number of sulfonamides is 1. The van der Waals surface area contributed by atoms with E-state index in [1.54, 1.807) is 42.5 Å². The zero-order chi connectivity index (χ0) is 43.8. The van der Waals surface area contributed by atoms with Gasteiger partial charge in [-0.15, -0.1) is 0 Å². The number of hydrogen-bond acceptors (Lipinski definition) is 15. The minimum absolute atomic E-state index is 0.0900. The number of carbonyl (C=O) groups is 5. The summed E-state index contributed by atoms with van der Waals surface area (Å²) in [7, 11) is -0.922. The second kappa shape index (κ2) is 22.4. The summed E-state index contributed by atoms with van der Waals surface area (Å²) in [5, 5.41) is 14.3. The number of amides is 2. The highest BCUT2D eigenvalue weighted by Gasteiger charge is 2.20. The van der Waals surface area contributed by atoms with Gasteiger partial charge in [-0.25, -0.2) is 22.8 Å². The van der Waals surface area contributed by atoms with Gasteiger partial charge in [0.2, 0.25) is 21.8 Å². The smallest absolute Gasteiger partial charge is 0.339 e. The Kier molecular flexibility index (Phi) is 17.5. The molecule has 0 saturated carbocycles. The van der Waals surface area contributed by atoms with E-state index in [1.807, 2.05) is 6.07 Å². The van der Waals surface area contributed by atoms with Crippen LogP contribution >= 0.6 is 0 Å². The first-order chi connectivity index (χ1) is 28.6. The molecule has 3 aromatic rings. The molecule has 0 atom stereocenters. The van der Waals surface area contributed by atoms with E-state index in [0.717, 1.165) is 62.6 Å². The average Bonchev–Trinajstić information content (AvgIpc) is 3.23. The third-order valence-corrected chi connectivity index (χ3v) is 9.69. The largest absolute Gasteiger partial charge is 0.478 e. The fraction of sp³-hybridized carbons (Fsp3) is 0.425. The van der Waals surface area contributed by atoms with Crippen molar-refractivity contribution in [3.63, 3.8) is 0 Å². The highest BCUT2D eigenvalue weighted by molar-refractivity contribution is 7.92. The van der Waals surface area contributed by atoms with Crippen LogP contribution in [0.2, 0.25) is 0 Å². The molecule has 6 rings (SSSR count). The van der Waals surface area contributed by atoms with E-state index in [-0.39, 0.29) is 28.6 Å². The van der Waals surface area contributed by atoms with Crippen LogP contribution in [0.25, 0.3) is 0 Å². The number of carbonyl (C=O) groups excluding carboxylic acids is 4. The monoisotopic (exact) mass is 856 g/mol. The van der Waals surface area contributed by atoms with Crippen LogP contribution in [0.4, 0.5) is 34.1 Å². The van der Waals surface area contributed by atoms with Gasteiger partial charge in [-0.3, -0.25) is 14.3 Å². The highest BCUT2D eigenvalue weighted by atomic mass is 32.2. The third kappa shape index (κ3) is 14.1. The summed E-state index contributed by atoms with van der Waals surface area (Å²) in [6.45, 7) is 11.2. The quantitative estimate of drug-likeness (QED) is 0.215. The number of methoxy groups -OCH3 is 2. The molecule has 20 heteroatoms. The van der Waals surface area contributed by atoms with Crippen LogP contribution in [0.3, 0.4) is 0 Å². The Morgan fingerprint density at radius 2 is 0.883 bits per heavy atom. The lowest BCUT2D eigenvalue weighted by molar-refractivity contribution is -0.115. The number of hydrogen-bond donors (Lipinski definition) is 4. The fourth-order valence-electron chi connectivity index (χ4n) is 6.28. The van der Waals surface area contributed by atoms with Crippen molar-refractivity contribution < 1.29 is 61.2 Å². The molecule has 3 saturated heterocycles. The van der Waals surface area contributed by atoms with Crippen LogP contribution in [0.5, 0.6) is 0 Å². The van der Waals surface area contributed by atoms with Crippen molar-refractivity contribution in [1.82, 2.24) is 0 Å². The number of anilines is 6. The summed E-state index contributed by atoms with van der Waals surface area (Å²) in [5.41, 5.74) is 4.29. The van der Waals surface area contributed by atoms with Crippen molar-refractivity contribution in [2.24, 2.45) is 0 Å². The van der Waals surface area contributed by atoms with Crippen LogP contribution < -0.4 is 30.1 Å². The molecule has 4 N–H and O–H groups in total. The van der Waals surface area contributed by atoms with Crippen LogP contribution in [-0.4, -0.2) is 143 Å². The second-order valence-electron chi connectivity index (χ2n) is 13.5. The number of carboxylic acids is 1. The van der Waals surface area contributed by atoms with Crippen molar-refractivity contribution in [3.8, 4) is 0 Å². The molecule has 19 nitrogen and oxygen atoms in total. The molecular weight excluding hydrogens is 805 g/mol. The van der Waals surface area contributed by atoms with E-state index in [4.69, 9.17) is 24.1 Å². The number of esters is 2. The van der Waals surface area contributed by atoms with Gasteiger partial charge in [-0.05, 0) is 54.6 Å². The molecule has 0 radical (unpaired) electrons. The maximum Gasteiger partial charge on any atom is 0.339 e. The molecule has 60 heavy (non-hydrogen) atoms. The molecular formula is C40H52N6O13S. The molecule has 3 aromatic carbocycles.